The third kappa shape index (κ3) is 8.93. The molecule has 1 amide bonds. The molecule has 3 N–H and O–H groups in total. The number of carbonyl (C=O) groups excluding carboxylic acids is 1. The van der Waals surface area contributed by atoms with Crippen LogP contribution in [-0.4, -0.2) is 63.7 Å². The molecule has 1 unspecified atom stereocenters. The van der Waals surface area contributed by atoms with E-state index in [2.05, 4.69) is 15.4 Å². The van der Waals surface area contributed by atoms with E-state index in [1.165, 1.54) is 12.1 Å². The van der Waals surface area contributed by atoms with Crippen LogP contribution in [0.2, 0.25) is 0 Å². The van der Waals surface area contributed by atoms with Crippen molar-refractivity contribution in [3.63, 3.8) is 0 Å². The molecule has 1 aliphatic heterocycles. The monoisotopic (exact) mass is 660 g/mol. The van der Waals surface area contributed by atoms with Gasteiger partial charge in [-0.05, 0) is 85.5 Å². The average Bonchev–Trinajstić information content (AvgIpc) is 3.04. The van der Waals surface area contributed by atoms with Crippen LogP contribution in [0.1, 0.15) is 49.8 Å². The zero-order valence-electron chi connectivity index (χ0n) is 25.7. The minimum Gasteiger partial charge on any atom is -0.349 e. The molecule has 7 nitrogen and oxygen atoms in total. The number of alkyl halides is 3. The number of hydrogen-bond donors (Lipinski definition) is 3. The molecule has 2 aliphatic rings. The molecule has 0 spiro atoms. The fourth-order valence-corrected chi connectivity index (χ4v) is 7.44. The molecule has 2 atom stereocenters. The maximum Gasteiger partial charge on any atom is 0.405 e. The lowest BCUT2D eigenvalue weighted by molar-refractivity contribution is -0.164. The first-order chi connectivity index (χ1) is 21.9. The first-order valence-corrected chi connectivity index (χ1v) is 17.2. The van der Waals surface area contributed by atoms with E-state index >= 15 is 0 Å². The molecule has 5 rings (SSSR count). The Hall–Kier alpha value is -3.32. The van der Waals surface area contributed by atoms with Gasteiger partial charge in [-0.1, -0.05) is 48.5 Å². The second-order valence-electron chi connectivity index (χ2n) is 12.3. The summed E-state index contributed by atoms with van der Waals surface area (Å²) in [6.07, 6.45) is -1.40. The molecule has 1 aliphatic carbocycles. The van der Waals surface area contributed by atoms with Crippen molar-refractivity contribution in [2.24, 2.45) is 5.92 Å². The third-order valence-electron chi connectivity index (χ3n) is 8.97. The third-order valence-corrected chi connectivity index (χ3v) is 10.5. The lowest BCUT2D eigenvalue weighted by atomic mass is 9.85. The largest absolute Gasteiger partial charge is 0.405 e. The Labute approximate surface area is 267 Å². The van der Waals surface area contributed by atoms with Gasteiger partial charge in [-0.2, -0.15) is 13.2 Å². The van der Waals surface area contributed by atoms with Gasteiger partial charge in [0, 0.05) is 38.1 Å². The number of sulfonamides is 1. The molecule has 12 heteroatoms. The van der Waals surface area contributed by atoms with Gasteiger partial charge in [-0.3, -0.25) is 9.69 Å². The summed E-state index contributed by atoms with van der Waals surface area (Å²) in [7, 11) is -3.75. The molecule has 0 aromatic heterocycles. The number of halogens is 4. The minimum absolute atomic E-state index is 0.0521. The first kappa shape index (κ1) is 34.0. The van der Waals surface area contributed by atoms with Gasteiger partial charge in [0.25, 0.3) is 0 Å². The second-order valence-corrected chi connectivity index (χ2v) is 14.0. The van der Waals surface area contributed by atoms with Crippen LogP contribution in [0.3, 0.4) is 0 Å². The van der Waals surface area contributed by atoms with E-state index in [1.807, 2.05) is 36.1 Å². The fraction of sp³-hybridized carbons (Fsp3) is 0.441. The van der Waals surface area contributed by atoms with E-state index in [9.17, 15) is 30.8 Å². The van der Waals surface area contributed by atoms with Crippen molar-refractivity contribution in [2.45, 2.75) is 68.2 Å². The van der Waals surface area contributed by atoms with E-state index < -0.39 is 22.2 Å². The number of piperazine rings is 1. The van der Waals surface area contributed by atoms with Crippen LogP contribution in [0, 0.1) is 11.7 Å². The Balaban J connectivity index is 1.08. The highest BCUT2D eigenvalue weighted by Gasteiger charge is 2.41. The lowest BCUT2D eigenvalue weighted by Crippen LogP contribution is -2.57. The van der Waals surface area contributed by atoms with E-state index in [0.717, 1.165) is 22.3 Å². The summed E-state index contributed by atoms with van der Waals surface area (Å²) in [6, 6.07) is 18.4. The summed E-state index contributed by atoms with van der Waals surface area (Å²) in [5, 5.41) is 5.52. The van der Waals surface area contributed by atoms with Gasteiger partial charge < -0.3 is 10.6 Å². The molecule has 248 valence electrons. The maximum atomic E-state index is 13.2. The van der Waals surface area contributed by atoms with E-state index in [-0.39, 0.29) is 41.2 Å². The van der Waals surface area contributed by atoms with Crippen molar-refractivity contribution in [1.29, 1.82) is 0 Å². The van der Waals surface area contributed by atoms with Crippen LogP contribution in [0.5, 0.6) is 0 Å². The Morgan fingerprint density at radius 3 is 2.15 bits per heavy atom. The van der Waals surface area contributed by atoms with Crippen LogP contribution in [-0.2, 0) is 21.2 Å². The van der Waals surface area contributed by atoms with Crippen molar-refractivity contribution < 1.29 is 30.8 Å². The molecule has 46 heavy (non-hydrogen) atoms. The Morgan fingerprint density at radius 1 is 0.935 bits per heavy atom. The number of rotatable bonds is 10. The zero-order valence-corrected chi connectivity index (χ0v) is 26.5. The number of nitrogens with one attached hydrogen (secondary N) is 3. The first-order valence-electron chi connectivity index (χ1n) is 15.7. The van der Waals surface area contributed by atoms with Gasteiger partial charge in [-0.15, -0.1) is 0 Å². The van der Waals surface area contributed by atoms with Crippen molar-refractivity contribution in [3.05, 3.63) is 89.7 Å². The molecule has 2 fully saturated rings. The molecule has 0 radical (unpaired) electrons. The number of carbonyl (C=O) groups is 1. The Kier molecular flexibility index (Phi) is 10.8. The minimum atomic E-state index is -4.25. The van der Waals surface area contributed by atoms with Crippen LogP contribution >= 0.6 is 0 Å². The molecule has 3 aromatic rings. The number of benzene rings is 3. The lowest BCUT2D eigenvalue weighted by Gasteiger charge is -2.34. The fourth-order valence-electron chi connectivity index (χ4n) is 6.14. The summed E-state index contributed by atoms with van der Waals surface area (Å²) in [5.74, 6) is -0.626. The molecule has 3 aromatic carbocycles. The van der Waals surface area contributed by atoms with Crippen molar-refractivity contribution in [3.8, 4) is 11.1 Å². The summed E-state index contributed by atoms with van der Waals surface area (Å²) in [6.45, 7) is 3.22. The summed E-state index contributed by atoms with van der Waals surface area (Å²) < 4.78 is 81.4. The molecular weight excluding hydrogens is 620 g/mol. The van der Waals surface area contributed by atoms with Crippen LogP contribution in [0.25, 0.3) is 11.1 Å². The normalized spacial score (nSPS) is 21.9. The topological polar surface area (TPSA) is 90.5 Å². The maximum absolute atomic E-state index is 13.2. The summed E-state index contributed by atoms with van der Waals surface area (Å²) in [4.78, 5) is 14.8. The predicted molar refractivity (Wildman–Crippen MR) is 169 cm³/mol. The highest BCUT2D eigenvalue weighted by molar-refractivity contribution is 7.89. The molecule has 0 bridgehead atoms. The SMILES string of the molecule is C[C@@H](NC(=O)C1CCC(NS(=O)(=O)c2ccc(-c3ccc(CCN4CCNC(C(F)(F)F)C4)cc3)cc2)CC1)c1ccc(F)cc1. The second kappa shape index (κ2) is 14.6. The van der Waals surface area contributed by atoms with E-state index in [1.54, 1.807) is 36.4 Å². The van der Waals surface area contributed by atoms with E-state index in [4.69, 9.17) is 0 Å². The number of nitrogens with zero attached hydrogens (tertiary/aromatic N) is 1. The Morgan fingerprint density at radius 2 is 1.54 bits per heavy atom. The number of hydrogen-bond acceptors (Lipinski definition) is 5. The molecule has 1 heterocycles. The van der Waals surface area contributed by atoms with Crippen molar-refractivity contribution >= 4 is 15.9 Å². The summed E-state index contributed by atoms with van der Waals surface area (Å²) >= 11 is 0. The highest BCUT2D eigenvalue weighted by Crippen LogP contribution is 2.28. The summed E-state index contributed by atoms with van der Waals surface area (Å²) in [5.41, 5.74) is 3.59. The van der Waals surface area contributed by atoms with Crippen LogP contribution in [0.4, 0.5) is 17.6 Å². The van der Waals surface area contributed by atoms with Crippen LogP contribution < -0.4 is 15.4 Å². The van der Waals surface area contributed by atoms with E-state index in [0.29, 0.717) is 51.7 Å². The van der Waals surface area contributed by atoms with Crippen LogP contribution in [0.15, 0.2) is 77.7 Å². The standard InChI is InChI=1S/C34H40F4N4O3S/c1-23(25-6-12-29(35)13-7-25)40-33(43)28-8-14-30(15-9-28)41-46(44,45)31-16-10-27(11-17-31)26-4-2-24(3-5-26)18-20-42-21-19-39-32(22-42)34(36,37)38/h2-7,10-13,16-17,23,28,30,32,39,41H,8-9,14-15,18-22H2,1H3,(H,40,43)/t23-,28?,30?,32?/m1/s1. The number of amides is 1. The zero-order chi connectivity index (χ0) is 32.9. The quantitative estimate of drug-likeness (QED) is 0.247. The van der Waals surface area contributed by atoms with Gasteiger partial charge >= 0.3 is 6.18 Å². The van der Waals surface area contributed by atoms with Crippen molar-refractivity contribution in [1.82, 2.24) is 20.3 Å². The Bertz CT molecular complexity index is 1560. The molecule has 1 saturated heterocycles. The van der Waals surface area contributed by atoms with Gasteiger partial charge in [0.1, 0.15) is 11.9 Å². The molecule has 1 saturated carbocycles. The van der Waals surface area contributed by atoms with Crippen molar-refractivity contribution in [2.75, 3.05) is 26.2 Å². The average molecular weight is 661 g/mol. The van der Waals surface area contributed by atoms with Gasteiger partial charge in [0.05, 0.1) is 10.9 Å². The van der Waals surface area contributed by atoms with Gasteiger partial charge in [-0.25, -0.2) is 17.5 Å². The highest BCUT2D eigenvalue weighted by atomic mass is 32.2. The van der Waals surface area contributed by atoms with Gasteiger partial charge in [0.15, 0.2) is 0 Å². The van der Waals surface area contributed by atoms with Gasteiger partial charge in [0.2, 0.25) is 15.9 Å². The predicted octanol–water partition coefficient (Wildman–Crippen LogP) is 5.59. The molecular formula is C34H40F4N4O3S. The smallest absolute Gasteiger partial charge is 0.349 e.